The summed E-state index contributed by atoms with van der Waals surface area (Å²) in [6, 6.07) is 10.3. The van der Waals surface area contributed by atoms with Gasteiger partial charge in [-0.05, 0) is 11.6 Å². The Kier molecular flexibility index (Phi) is 2.89. The van der Waals surface area contributed by atoms with Gasteiger partial charge in [-0.15, -0.1) is 0 Å². The molecule has 3 heteroatoms. The second-order valence-corrected chi connectivity index (χ2v) is 3.74. The lowest BCUT2D eigenvalue weighted by Crippen LogP contribution is -2.09. The Labute approximate surface area is 89.7 Å². The highest BCUT2D eigenvalue weighted by Crippen LogP contribution is 2.33. The molecule has 1 heterocycles. The summed E-state index contributed by atoms with van der Waals surface area (Å²) >= 11 is 0. The molecule has 78 valence electrons. The van der Waals surface area contributed by atoms with E-state index in [1.54, 1.807) is 7.11 Å². The molecule has 3 nitrogen and oxygen atoms in total. The Morgan fingerprint density at radius 3 is 2.93 bits per heavy atom. The minimum atomic E-state index is 0.0568. The van der Waals surface area contributed by atoms with Gasteiger partial charge in [-0.2, -0.15) is 5.26 Å². The first-order valence-electron chi connectivity index (χ1n) is 5.10. The van der Waals surface area contributed by atoms with Crippen molar-refractivity contribution in [3.8, 4) is 11.8 Å². The van der Waals surface area contributed by atoms with Crippen LogP contribution in [0, 0.1) is 17.2 Å². The van der Waals surface area contributed by atoms with Gasteiger partial charge in [0.25, 0.3) is 0 Å². The van der Waals surface area contributed by atoms with Gasteiger partial charge in [-0.1, -0.05) is 18.2 Å². The lowest BCUT2D eigenvalue weighted by atomic mass is 9.89. The highest BCUT2D eigenvalue weighted by atomic mass is 16.5. The lowest BCUT2D eigenvalue weighted by Gasteiger charge is -2.16. The van der Waals surface area contributed by atoms with Gasteiger partial charge < -0.3 is 10.1 Å². The maximum atomic E-state index is 9.03. The summed E-state index contributed by atoms with van der Waals surface area (Å²) in [7, 11) is 1.67. The molecule has 0 aromatic heterocycles. The zero-order valence-electron chi connectivity index (χ0n) is 8.73. The standard InChI is InChI=1S/C12H14N2O/c1-15-12-5-3-2-4-10(12)11-8-14-7-9(11)6-13/h2-5,9,11,14H,7-8H2,1H3/t9-,11-/m1/s1. The minimum absolute atomic E-state index is 0.0568. The van der Waals surface area contributed by atoms with Gasteiger partial charge in [-0.3, -0.25) is 0 Å². The van der Waals surface area contributed by atoms with Crippen molar-refractivity contribution in [1.29, 1.82) is 5.26 Å². The van der Waals surface area contributed by atoms with Crippen molar-refractivity contribution in [3.63, 3.8) is 0 Å². The summed E-state index contributed by atoms with van der Waals surface area (Å²) in [5.41, 5.74) is 1.14. The summed E-state index contributed by atoms with van der Waals surface area (Å²) in [6.07, 6.45) is 0. The van der Waals surface area contributed by atoms with Crippen LogP contribution in [0.5, 0.6) is 5.75 Å². The van der Waals surface area contributed by atoms with Crippen molar-refractivity contribution < 1.29 is 4.74 Å². The van der Waals surface area contributed by atoms with Crippen LogP contribution in [-0.4, -0.2) is 20.2 Å². The molecule has 1 fully saturated rings. The fourth-order valence-electron chi connectivity index (χ4n) is 2.11. The summed E-state index contributed by atoms with van der Waals surface area (Å²) in [5.74, 6) is 1.19. The van der Waals surface area contributed by atoms with Gasteiger partial charge >= 0.3 is 0 Å². The molecule has 0 bridgehead atoms. The predicted octanol–water partition coefficient (Wildman–Crippen LogP) is 1.52. The van der Waals surface area contributed by atoms with Crippen molar-refractivity contribution >= 4 is 0 Å². The van der Waals surface area contributed by atoms with Crippen LogP contribution in [0.2, 0.25) is 0 Å². The van der Waals surface area contributed by atoms with Crippen LogP contribution in [0.3, 0.4) is 0 Å². The van der Waals surface area contributed by atoms with Crippen LogP contribution in [0.15, 0.2) is 24.3 Å². The van der Waals surface area contributed by atoms with Gasteiger partial charge in [-0.25, -0.2) is 0 Å². The minimum Gasteiger partial charge on any atom is -0.496 e. The monoisotopic (exact) mass is 202 g/mol. The van der Waals surface area contributed by atoms with Crippen molar-refractivity contribution in [2.45, 2.75) is 5.92 Å². The number of rotatable bonds is 2. The molecule has 2 rings (SSSR count). The zero-order chi connectivity index (χ0) is 10.7. The maximum absolute atomic E-state index is 9.03. The van der Waals surface area contributed by atoms with E-state index >= 15 is 0 Å². The third kappa shape index (κ3) is 1.81. The molecule has 0 radical (unpaired) electrons. The number of nitriles is 1. The second-order valence-electron chi connectivity index (χ2n) is 3.74. The largest absolute Gasteiger partial charge is 0.496 e. The van der Waals surface area contributed by atoms with Crippen LogP contribution in [-0.2, 0) is 0 Å². The Morgan fingerprint density at radius 1 is 1.40 bits per heavy atom. The zero-order valence-corrected chi connectivity index (χ0v) is 8.73. The number of methoxy groups -OCH3 is 1. The van der Waals surface area contributed by atoms with E-state index in [2.05, 4.69) is 11.4 Å². The fraction of sp³-hybridized carbons (Fsp3) is 0.417. The Balaban J connectivity index is 2.32. The van der Waals surface area contributed by atoms with E-state index in [0.29, 0.717) is 0 Å². The molecular formula is C12H14N2O. The van der Waals surface area contributed by atoms with Crippen molar-refractivity contribution in [2.24, 2.45) is 5.92 Å². The van der Waals surface area contributed by atoms with E-state index in [9.17, 15) is 0 Å². The third-order valence-corrected chi connectivity index (χ3v) is 2.92. The van der Waals surface area contributed by atoms with E-state index < -0.39 is 0 Å². The molecule has 1 aliphatic heterocycles. The molecule has 0 aliphatic carbocycles. The van der Waals surface area contributed by atoms with E-state index in [1.807, 2.05) is 24.3 Å². The molecule has 0 amide bonds. The number of para-hydroxylation sites is 1. The second kappa shape index (κ2) is 4.33. The average molecular weight is 202 g/mol. The smallest absolute Gasteiger partial charge is 0.122 e. The third-order valence-electron chi connectivity index (χ3n) is 2.92. The van der Waals surface area contributed by atoms with Gasteiger partial charge in [0.2, 0.25) is 0 Å². The van der Waals surface area contributed by atoms with E-state index in [4.69, 9.17) is 10.00 Å². The molecule has 1 N–H and O–H groups in total. The van der Waals surface area contributed by atoms with Crippen LogP contribution in [0.1, 0.15) is 11.5 Å². The summed E-state index contributed by atoms with van der Waals surface area (Å²) in [6.45, 7) is 1.64. The topological polar surface area (TPSA) is 45.0 Å². The Hall–Kier alpha value is -1.53. The lowest BCUT2D eigenvalue weighted by molar-refractivity contribution is 0.404. The summed E-state index contributed by atoms with van der Waals surface area (Å²) < 4.78 is 5.31. The number of benzene rings is 1. The fourth-order valence-corrected chi connectivity index (χ4v) is 2.11. The molecule has 15 heavy (non-hydrogen) atoms. The van der Waals surface area contributed by atoms with Gasteiger partial charge in [0, 0.05) is 19.0 Å². The molecule has 1 aromatic rings. The summed E-state index contributed by atoms with van der Waals surface area (Å²) in [5, 5.41) is 12.3. The van der Waals surface area contributed by atoms with E-state index in [1.165, 1.54) is 0 Å². The maximum Gasteiger partial charge on any atom is 0.122 e. The number of hydrogen-bond acceptors (Lipinski definition) is 3. The first kappa shape index (κ1) is 10.0. The van der Waals surface area contributed by atoms with Crippen LogP contribution >= 0.6 is 0 Å². The van der Waals surface area contributed by atoms with Crippen molar-refractivity contribution in [2.75, 3.05) is 20.2 Å². The Bertz CT molecular complexity index is 383. The first-order valence-corrected chi connectivity index (χ1v) is 5.10. The average Bonchev–Trinajstić information content (AvgIpc) is 2.76. The normalized spacial score (nSPS) is 24.8. The molecule has 2 atom stereocenters. The van der Waals surface area contributed by atoms with Crippen molar-refractivity contribution in [1.82, 2.24) is 5.32 Å². The summed E-state index contributed by atoms with van der Waals surface area (Å²) in [4.78, 5) is 0. The quantitative estimate of drug-likeness (QED) is 0.790. The van der Waals surface area contributed by atoms with Gasteiger partial charge in [0.05, 0.1) is 19.1 Å². The van der Waals surface area contributed by atoms with Gasteiger partial charge in [0.15, 0.2) is 0 Å². The van der Waals surface area contributed by atoms with Crippen molar-refractivity contribution in [3.05, 3.63) is 29.8 Å². The van der Waals surface area contributed by atoms with E-state index in [0.717, 1.165) is 24.4 Å². The molecule has 1 aliphatic rings. The van der Waals surface area contributed by atoms with Gasteiger partial charge in [0.1, 0.15) is 5.75 Å². The predicted molar refractivity (Wildman–Crippen MR) is 57.7 cm³/mol. The molecule has 0 saturated carbocycles. The Morgan fingerprint density at radius 2 is 2.20 bits per heavy atom. The highest BCUT2D eigenvalue weighted by Gasteiger charge is 2.30. The number of nitrogens with zero attached hydrogens (tertiary/aromatic N) is 1. The number of hydrogen-bond donors (Lipinski definition) is 1. The number of ether oxygens (including phenoxy) is 1. The molecule has 0 unspecified atom stereocenters. The van der Waals surface area contributed by atoms with Crippen LogP contribution in [0.4, 0.5) is 0 Å². The number of nitrogens with one attached hydrogen (secondary N) is 1. The first-order chi connectivity index (χ1) is 7.36. The highest BCUT2D eigenvalue weighted by molar-refractivity contribution is 5.38. The molecule has 1 saturated heterocycles. The molecule has 1 aromatic carbocycles. The molecule has 0 spiro atoms. The van der Waals surface area contributed by atoms with Crippen LogP contribution in [0.25, 0.3) is 0 Å². The SMILES string of the molecule is COc1ccccc1[C@@H]1CNC[C@H]1C#N. The molecular weight excluding hydrogens is 188 g/mol. The van der Waals surface area contributed by atoms with E-state index in [-0.39, 0.29) is 11.8 Å². The van der Waals surface area contributed by atoms with Crippen LogP contribution < -0.4 is 10.1 Å².